The Morgan fingerprint density at radius 2 is 2.46 bits per heavy atom. The zero-order chi connectivity index (χ0) is 9.26. The fourth-order valence-electron chi connectivity index (χ4n) is 1.03. The summed E-state index contributed by atoms with van der Waals surface area (Å²) >= 11 is 0. The van der Waals surface area contributed by atoms with Crippen molar-refractivity contribution in [3.05, 3.63) is 24.0 Å². The molecular weight excluding hydrogens is 170 g/mol. The van der Waals surface area contributed by atoms with Gasteiger partial charge in [-0.1, -0.05) is 0 Å². The normalized spacial score (nSPS) is 10.2. The number of carbonyl (C=O) groups is 1. The van der Waals surface area contributed by atoms with E-state index in [2.05, 4.69) is 10.1 Å². The van der Waals surface area contributed by atoms with Crippen LogP contribution in [0.5, 0.6) is 5.88 Å². The van der Waals surface area contributed by atoms with Gasteiger partial charge in [-0.05, 0) is 0 Å². The topological polar surface area (TPSA) is 56.5 Å². The van der Waals surface area contributed by atoms with E-state index in [1.165, 1.54) is 17.8 Å². The second kappa shape index (κ2) is 2.85. The minimum Gasteiger partial charge on any atom is -0.480 e. The Balaban J connectivity index is 2.63. The van der Waals surface area contributed by atoms with Crippen LogP contribution in [0.3, 0.4) is 0 Å². The van der Waals surface area contributed by atoms with Gasteiger partial charge in [0.25, 0.3) is 0 Å². The van der Waals surface area contributed by atoms with E-state index in [0.29, 0.717) is 17.1 Å². The number of rotatable bonds is 2. The molecule has 5 heteroatoms. The fraction of sp³-hybridized carbons (Fsp3) is 0.125. The number of ether oxygens (including phenoxy) is 1. The van der Waals surface area contributed by atoms with Gasteiger partial charge in [-0.15, -0.1) is 5.10 Å². The van der Waals surface area contributed by atoms with Gasteiger partial charge in [-0.25, -0.2) is 9.50 Å². The van der Waals surface area contributed by atoms with Gasteiger partial charge in [0.1, 0.15) is 0 Å². The highest BCUT2D eigenvalue weighted by Gasteiger charge is 2.02. The summed E-state index contributed by atoms with van der Waals surface area (Å²) in [4.78, 5) is 14.4. The number of methoxy groups -OCH3 is 1. The summed E-state index contributed by atoms with van der Waals surface area (Å²) in [5, 5.41) is 4.01. The van der Waals surface area contributed by atoms with Crippen LogP contribution in [0.4, 0.5) is 0 Å². The van der Waals surface area contributed by atoms with Gasteiger partial charge in [0.2, 0.25) is 5.88 Å². The first kappa shape index (κ1) is 7.72. The summed E-state index contributed by atoms with van der Waals surface area (Å²) in [7, 11) is 1.53. The Morgan fingerprint density at radius 3 is 3.15 bits per heavy atom. The number of aldehydes is 1. The molecule has 13 heavy (non-hydrogen) atoms. The summed E-state index contributed by atoms with van der Waals surface area (Å²) in [6, 6.07) is 1.69. The Morgan fingerprint density at radius 1 is 1.62 bits per heavy atom. The summed E-state index contributed by atoms with van der Waals surface area (Å²) in [5.74, 6) is 0.482. The van der Waals surface area contributed by atoms with Crippen LogP contribution < -0.4 is 4.74 Å². The Kier molecular flexibility index (Phi) is 1.70. The summed E-state index contributed by atoms with van der Waals surface area (Å²) in [5.41, 5.74) is 1.14. The molecule has 2 heterocycles. The van der Waals surface area contributed by atoms with Crippen molar-refractivity contribution in [2.75, 3.05) is 7.11 Å². The SMILES string of the molecule is COc1cc2ncc(C=O)cn2n1. The third-order valence-corrected chi connectivity index (χ3v) is 1.66. The lowest BCUT2D eigenvalue weighted by molar-refractivity contribution is 0.112. The molecule has 0 aliphatic rings. The molecule has 0 saturated heterocycles. The summed E-state index contributed by atoms with van der Waals surface area (Å²) in [6.45, 7) is 0. The molecular formula is C8H7N3O2. The molecule has 0 N–H and O–H groups in total. The third-order valence-electron chi connectivity index (χ3n) is 1.66. The van der Waals surface area contributed by atoms with E-state index in [0.717, 1.165) is 6.29 Å². The van der Waals surface area contributed by atoms with Gasteiger partial charge < -0.3 is 4.74 Å². The smallest absolute Gasteiger partial charge is 0.235 e. The highest BCUT2D eigenvalue weighted by Crippen LogP contribution is 2.10. The van der Waals surface area contributed by atoms with E-state index in [-0.39, 0.29) is 0 Å². The van der Waals surface area contributed by atoms with Crippen LogP contribution in [0.2, 0.25) is 0 Å². The largest absolute Gasteiger partial charge is 0.480 e. The summed E-state index contributed by atoms with van der Waals surface area (Å²) < 4.78 is 6.41. The monoisotopic (exact) mass is 177 g/mol. The van der Waals surface area contributed by atoms with Crippen LogP contribution in [0.25, 0.3) is 5.65 Å². The maximum absolute atomic E-state index is 10.4. The number of hydrogen-bond donors (Lipinski definition) is 0. The fourth-order valence-corrected chi connectivity index (χ4v) is 1.03. The average Bonchev–Trinajstić information content (AvgIpc) is 2.58. The van der Waals surface area contributed by atoms with Crippen LogP contribution in [-0.2, 0) is 0 Å². The van der Waals surface area contributed by atoms with Crippen molar-refractivity contribution in [2.45, 2.75) is 0 Å². The first-order chi connectivity index (χ1) is 6.33. The van der Waals surface area contributed by atoms with Gasteiger partial charge in [-0.3, -0.25) is 4.79 Å². The second-order valence-corrected chi connectivity index (χ2v) is 2.49. The molecule has 66 valence electrons. The number of nitrogens with zero attached hydrogens (tertiary/aromatic N) is 3. The Bertz CT molecular complexity index is 450. The van der Waals surface area contributed by atoms with Crippen LogP contribution in [0, 0.1) is 0 Å². The highest BCUT2D eigenvalue weighted by atomic mass is 16.5. The van der Waals surface area contributed by atoms with Gasteiger partial charge in [0.05, 0.1) is 12.7 Å². The number of fused-ring (bicyclic) bond motifs is 1. The molecule has 0 fully saturated rings. The molecule has 2 aromatic rings. The van der Waals surface area contributed by atoms with Crippen molar-refractivity contribution in [3.63, 3.8) is 0 Å². The molecule has 0 aliphatic carbocycles. The maximum atomic E-state index is 10.4. The molecule has 0 aliphatic heterocycles. The molecule has 0 bridgehead atoms. The van der Waals surface area contributed by atoms with Gasteiger partial charge in [0.15, 0.2) is 11.9 Å². The second-order valence-electron chi connectivity index (χ2n) is 2.49. The lowest BCUT2D eigenvalue weighted by atomic mass is 10.4. The first-order valence-corrected chi connectivity index (χ1v) is 3.68. The van der Waals surface area contributed by atoms with Crippen LogP contribution in [0.1, 0.15) is 10.4 Å². The van der Waals surface area contributed by atoms with E-state index in [9.17, 15) is 4.79 Å². The highest BCUT2D eigenvalue weighted by molar-refractivity contribution is 5.73. The first-order valence-electron chi connectivity index (χ1n) is 3.68. The molecule has 0 unspecified atom stereocenters. The van der Waals surface area contributed by atoms with E-state index < -0.39 is 0 Å². The summed E-state index contributed by atoms with van der Waals surface area (Å²) in [6.07, 6.45) is 3.81. The Labute approximate surface area is 74.0 Å². The quantitative estimate of drug-likeness (QED) is 0.628. The molecule has 0 amide bonds. The predicted molar refractivity (Wildman–Crippen MR) is 44.9 cm³/mol. The van der Waals surface area contributed by atoms with Crippen molar-refractivity contribution in [3.8, 4) is 5.88 Å². The van der Waals surface area contributed by atoms with E-state index >= 15 is 0 Å². The van der Waals surface area contributed by atoms with Gasteiger partial charge >= 0.3 is 0 Å². The van der Waals surface area contributed by atoms with E-state index in [1.54, 1.807) is 12.3 Å². The van der Waals surface area contributed by atoms with Crippen molar-refractivity contribution in [2.24, 2.45) is 0 Å². The average molecular weight is 177 g/mol. The zero-order valence-corrected chi connectivity index (χ0v) is 6.97. The van der Waals surface area contributed by atoms with Gasteiger partial charge in [-0.2, -0.15) is 0 Å². The van der Waals surface area contributed by atoms with E-state index in [1.807, 2.05) is 0 Å². The van der Waals surface area contributed by atoms with E-state index in [4.69, 9.17) is 4.74 Å². The van der Waals surface area contributed by atoms with Crippen molar-refractivity contribution < 1.29 is 9.53 Å². The molecule has 0 atom stereocenters. The van der Waals surface area contributed by atoms with Gasteiger partial charge in [0, 0.05) is 18.5 Å². The van der Waals surface area contributed by atoms with Crippen molar-refractivity contribution in [1.29, 1.82) is 0 Å². The predicted octanol–water partition coefficient (Wildman–Crippen LogP) is 0.550. The molecule has 2 aromatic heterocycles. The minimum atomic E-state index is 0.482. The zero-order valence-electron chi connectivity index (χ0n) is 6.97. The molecule has 0 aromatic carbocycles. The maximum Gasteiger partial charge on any atom is 0.235 e. The lowest BCUT2D eigenvalue weighted by Crippen LogP contribution is -1.93. The molecule has 0 spiro atoms. The minimum absolute atomic E-state index is 0.482. The standard InChI is InChI=1S/C8H7N3O2/c1-13-8-2-7-9-3-6(5-12)4-11(7)10-8/h2-5H,1H3. The molecule has 5 nitrogen and oxygen atoms in total. The lowest BCUT2D eigenvalue weighted by Gasteiger charge is -1.91. The Hall–Kier alpha value is -1.91. The molecule has 0 saturated carbocycles. The van der Waals surface area contributed by atoms with Crippen molar-refractivity contribution >= 4 is 11.9 Å². The molecule has 0 radical (unpaired) electrons. The van der Waals surface area contributed by atoms with Crippen LogP contribution >= 0.6 is 0 Å². The number of hydrogen-bond acceptors (Lipinski definition) is 4. The van der Waals surface area contributed by atoms with Crippen LogP contribution in [-0.4, -0.2) is 28.0 Å². The number of aromatic nitrogens is 3. The molecule has 2 rings (SSSR count). The third kappa shape index (κ3) is 1.24. The number of carbonyl (C=O) groups excluding carboxylic acids is 1. The van der Waals surface area contributed by atoms with Crippen molar-refractivity contribution in [1.82, 2.24) is 14.6 Å². The van der Waals surface area contributed by atoms with Crippen LogP contribution in [0.15, 0.2) is 18.5 Å².